The fraction of sp³-hybridized carbons (Fsp3) is 0.125. The van der Waals surface area contributed by atoms with Gasteiger partial charge in [-0.1, -0.05) is 25.1 Å². The van der Waals surface area contributed by atoms with Crippen LogP contribution in [0.2, 0.25) is 0 Å². The Hall–Kier alpha value is -2.80. The SMILES string of the molecule is C#Cc1cnc2cc(CC)n(-c3ccccc3)c(=O)n12. The monoisotopic (exact) mass is 263 g/mol. The van der Waals surface area contributed by atoms with Gasteiger partial charge < -0.3 is 0 Å². The van der Waals surface area contributed by atoms with Crippen LogP contribution in [0.5, 0.6) is 0 Å². The summed E-state index contributed by atoms with van der Waals surface area (Å²) in [4.78, 5) is 16.9. The van der Waals surface area contributed by atoms with Crippen molar-refractivity contribution in [1.82, 2.24) is 14.0 Å². The van der Waals surface area contributed by atoms with Gasteiger partial charge in [0.2, 0.25) is 0 Å². The average Bonchev–Trinajstić information content (AvgIpc) is 2.91. The highest BCUT2D eigenvalue weighted by Crippen LogP contribution is 2.12. The van der Waals surface area contributed by atoms with E-state index in [2.05, 4.69) is 10.9 Å². The summed E-state index contributed by atoms with van der Waals surface area (Å²) in [6.45, 7) is 2.01. The molecular formula is C16H13N3O. The van der Waals surface area contributed by atoms with E-state index in [4.69, 9.17) is 6.42 Å². The van der Waals surface area contributed by atoms with Crippen LogP contribution in [-0.2, 0) is 6.42 Å². The van der Waals surface area contributed by atoms with Gasteiger partial charge in [-0.3, -0.25) is 4.57 Å². The van der Waals surface area contributed by atoms with Crippen molar-refractivity contribution in [3.05, 3.63) is 64.5 Å². The molecule has 0 unspecified atom stereocenters. The predicted molar refractivity (Wildman–Crippen MR) is 78.1 cm³/mol. The lowest BCUT2D eigenvalue weighted by Crippen LogP contribution is -2.28. The first-order valence-electron chi connectivity index (χ1n) is 6.40. The second-order valence-electron chi connectivity index (χ2n) is 4.42. The van der Waals surface area contributed by atoms with Crippen molar-refractivity contribution in [1.29, 1.82) is 0 Å². The fourth-order valence-electron chi connectivity index (χ4n) is 2.32. The molecule has 20 heavy (non-hydrogen) atoms. The van der Waals surface area contributed by atoms with E-state index < -0.39 is 0 Å². The van der Waals surface area contributed by atoms with Gasteiger partial charge in [-0.2, -0.15) is 0 Å². The van der Waals surface area contributed by atoms with Crippen LogP contribution in [0.25, 0.3) is 11.3 Å². The Morgan fingerprint density at radius 2 is 2.05 bits per heavy atom. The molecule has 0 aliphatic carbocycles. The predicted octanol–water partition coefficient (Wildman–Crippen LogP) is 2.03. The lowest BCUT2D eigenvalue weighted by Gasteiger charge is -2.12. The summed E-state index contributed by atoms with van der Waals surface area (Å²) in [6, 6.07) is 11.4. The third-order valence-electron chi connectivity index (χ3n) is 3.28. The Kier molecular flexibility index (Phi) is 2.88. The summed E-state index contributed by atoms with van der Waals surface area (Å²) in [5.74, 6) is 2.49. The number of benzene rings is 1. The fourth-order valence-corrected chi connectivity index (χ4v) is 2.32. The molecule has 0 saturated carbocycles. The van der Waals surface area contributed by atoms with Crippen molar-refractivity contribution in [2.24, 2.45) is 0 Å². The maximum absolute atomic E-state index is 12.7. The van der Waals surface area contributed by atoms with Gasteiger partial charge in [0.1, 0.15) is 11.3 Å². The molecule has 0 fully saturated rings. The molecule has 3 rings (SSSR count). The van der Waals surface area contributed by atoms with Gasteiger partial charge in [0, 0.05) is 11.8 Å². The Bertz CT molecular complexity index is 866. The number of hydrogen-bond acceptors (Lipinski definition) is 2. The maximum atomic E-state index is 12.7. The largest absolute Gasteiger partial charge is 0.339 e. The molecule has 0 aliphatic heterocycles. The number of hydrogen-bond donors (Lipinski definition) is 0. The molecule has 0 aliphatic rings. The van der Waals surface area contributed by atoms with E-state index in [1.807, 2.05) is 43.3 Å². The quantitative estimate of drug-likeness (QED) is 0.664. The molecule has 4 nitrogen and oxygen atoms in total. The van der Waals surface area contributed by atoms with Crippen LogP contribution in [0.1, 0.15) is 18.3 Å². The highest BCUT2D eigenvalue weighted by Gasteiger charge is 2.12. The summed E-state index contributed by atoms with van der Waals surface area (Å²) in [7, 11) is 0. The zero-order valence-corrected chi connectivity index (χ0v) is 11.1. The molecule has 2 heterocycles. The normalized spacial score (nSPS) is 10.6. The van der Waals surface area contributed by atoms with Crippen molar-refractivity contribution < 1.29 is 0 Å². The maximum Gasteiger partial charge on any atom is 0.339 e. The molecular weight excluding hydrogens is 250 g/mol. The van der Waals surface area contributed by atoms with Crippen LogP contribution in [0.15, 0.2) is 47.4 Å². The lowest BCUT2D eigenvalue weighted by atomic mass is 10.2. The highest BCUT2D eigenvalue weighted by atomic mass is 16.1. The van der Waals surface area contributed by atoms with Gasteiger partial charge in [0.05, 0.1) is 11.9 Å². The van der Waals surface area contributed by atoms with E-state index in [-0.39, 0.29) is 5.69 Å². The van der Waals surface area contributed by atoms with Crippen molar-refractivity contribution in [2.45, 2.75) is 13.3 Å². The Labute approximate surface area is 116 Å². The minimum absolute atomic E-state index is 0.184. The van der Waals surface area contributed by atoms with Gasteiger partial charge in [-0.25, -0.2) is 14.2 Å². The molecule has 3 aromatic rings. The number of nitrogens with zero attached hydrogens (tertiary/aromatic N) is 3. The van der Waals surface area contributed by atoms with Crippen LogP contribution in [0, 0.1) is 12.3 Å². The number of fused-ring (bicyclic) bond motifs is 1. The third kappa shape index (κ3) is 1.72. The zero-order chi connectivity index (χ0) is 14.1. The second kappa shape index (κ2) is 4.71. The van der Waals surface area contributed by atoms with E-state index in [0.29, 0.717) is 11.3 Å². The topological polar surface area (TPSA) is 39.3 Å². The Balaban J connectivity index is 2.44. The smallest absolute Gasteiger partial charge is 0.266 e. The molecule has 0 atom stereocenters. The number of terminal acetylenes is 1. The molecule has 1 aromatic carbocycles. The number of rotatable bonds is 2. The molecule has 98 valence electrons. The molecule has 0 amide bonds. The van der Waals surface area contributed by atoms with Gasteiger partial charge in [-0.05, 0) is 24.5 Å². The molecule has 0 bridgehead atoms. The number of imidazole rings is 1. The van der Waals surface area contributed by atoms with E-state index in [1.165, 1.54) is 4.40 Å². The Morgan fingerprint density at radius 3 is 2.70 bits per heavy atom. The van der Waals surface area contributed by atoms with Crippen molar-refractivity contribution in [3.8, 4) is 18.0 Å². The molecule has 2 aromatic heterocycles. The zero-order valence-electron chi connectivity index (χ0n) is 11.1. The molecule has 0 radical (unpaired) electrons. The molecule has 4 heteroatoms. The van der Waals surface area contributed by atoms with Crippen molar-refractivity contribution >= 4 is 5.65 Å². The van der Waals surface area contributed by atoms with E-state index >= 15 is 0 Å². The van der Waals surface area contributed by atoms with Crippen molar-refractivity contribution in [2.75, 3.05) is 0 Å². The summed E-state index contributed by atoms with van der Waals surface area (Å²) >= 11 is 0. The highest BCUT2D eigenvalue weighted by molar-refractivity contribution is 5.47. The molecule has 0 saturated heterocycles. The first kappa shape index (κ1) is 12.2. The van der Waals surface area contributed by atoms with Crippen molar-refractivity contribution in [3.63, 3.8) is 0 Å². The van der Waals surface area contributed by atoms with Crippen LogP contribution >= 0.6 is 0 Å². The third-order valence-corrected chi connectivity index (χ3v) is 3.28. The van der Waals surface area contributed by atoms with Crippen LogP contribution < -0.4 is 5.69 Å². The van der Waals surface area contributed by atoms with Crippen LogP contribution in [0.3, 0.4) is 0 Å². The van der Waals surface area contributed by atoms with Gasteiger partial charge in [0.15, 0.2) is 0 Å². The number of aryl methyl sites for hydroxylation is 1. The molecule has 0 N–H and O–H groups in total. The van der Waals surface area contributed by atoms with Gasteiger partial charge in [-0.15, -0.1) is 6.42 Å². The first-order valence-corrected chi connectivity index (χ1v) is 6.40. The minimum atomic E-state index is -0.184. The summed E-state index contributed by atoms with van der Waals surface area (Å²) in [6.07, 6.45) is 7.71. The molecule has 0 spiro atoms. The first-order chi connectivity index (χ1) is 9.76. The average molecular weight is 263 g/mol. The Morgan fingerprint density at radius 1 is 1.30 bits per heavy atom. The van der Waals surface area contributed by atoms with E-state index in [9.17, 15) is 4.79 Å². The van der Waals surface area contributed by atoms with Gasteiger partial charge in [0.25, 0.3) is 0 Å². The van der Waals surface area contributed by atoms with E-state index in [1.54, 1.807) is 10.8 Å². The van der Waals surface area contributed by atoms with Gasteiger partial charge >= 0.3 is 5.69 Å². The summed E-state index contributed by atoms with van der Waals surface area (Å²) in [5, 5.41) is 0. The number of aromatic nitrogens is 3. The second-order valence-corrected chi connectivity index (χ2v) is 4.42. The number of para-hydroxylation sites is 1. The minimum Gasteiger partial charge on any atom is -0.266 e. The summed E-state index contributed by atoms with van der Waals surface area (Å²) < 4.78 is 3.14. The van der Waals surface area contributed by atoms with E-state index in [0.717, 1.165) is 17.8 Å². The lowest BCUT2D eigenvalue weighted by molar-refractivity contribution is 0.809. The van der Waals surface area contributed by atoms with Crippen LogP contribution in [0.4, 0.5) is 0 Å². The summed E-state index contributed by atoms with van der Waals surface area (Å²) in [5.41, 5.74) is 2.61. The standard InChI is InChI=1S/C16H13N3O/c1-3-12-10-15-17-11-13(4-2)19(15)16(20)18(12)14-8-6-5-7-9-14/h2,5-11H,3H2,1H3. The van der Waals surface area contributed by atoms with Crippen LogP contribution in [-0.4, -0.2) is 14.0 Å².